The van der Waals surface area contributed by atoms with E-state index in [0.717, 1.165) is 22.4 Å². The lowest BCUT2D eigenvalue weighted by Gasteiger charge is -2.35. The lowest BCUT2D eigenvalue weighted by Crippen LogP contribution is -2.50. The quantitative estimate of drug-likeness (QED) is 0.623. The van der Waals surface area contributed by atoms with Crippen molar-refractivity contribution in [2.75, 3.05) is 26.2 Å². The third-order valence-corrected chi connectivity index (χ3v) is 6.35. The molecule has 0 spiro atoms. The van der Waals surface area contributed by atoms with Crippen molar-refractivity contribution in [2.45, 2.75) is 18.1 Å². The van der Waals surface area contributed by atoms with Crippen LogP contribution in [0.5, 0.6) is 0 Å². The molecule has 3 aromatic rings. The molecule has 2 aromatic carbocycles. The van der Waals surface area contributed by atoms with Gasteiger partial charge in [-0.3, -0.25) is 14.8 Å². The summed E-state index contributed by atoms with van der Waals surface area (Å²) in [5, 5.41) is 16.9. The molecule has 1 aliphatic carbocycles. The average molecular weight is 416 g/mol. The lowest BCUT2D eigenvalue weighted by atomic mass is 10.0. The van der Waals surface area contributed by atoms with Gasteiger partial charge in [-0.1, -0.05) is 36.4 Å². The molecular formula is C24H24N4O3. The number of nitrogens with zero attached hydrogens (tertiary/aromatic N) is 3. The van der Waals surface area contributed by atoms with Gasteiger partial charge in [0, 0.05) is 50.4 Å². The third kappa shape index (κ3) is 3.78. The van der Waals surface area contributed by atoms with Crippen LogP contribution in [-0.2, 0) is 4.79 Å². The second kappa shape index (κ2) is 7.76. The van der Waals surface area contributed by atoms with Crippen LogP contribution in [-0.4, -0.2) is 75.1 Å². The Labute approximate surface area is 180 Å². The summed E-state index contributed by atoms with van der Waals surface area (Å²) in [4.78, 5) is 27.8. The van der Waals surface area contributed by atoms with Crippen LogP contribution in [0.15, 0.2) is 60.8 Å². The second-order valence-corrected chi connectivity index (χ2v) is 8.28. The third-order valence-electron chi connectivity index (χ3n) is 6.35. The number of aromatic amines is 1. The molecule has 0 bridgehead atoms. The highest BCUT2D eigenvalue weighted by molar-refractivity contribution is 5.94. The molecule has 2 atom stereocenters. The first-order valence-electron chi connectivity index (χ1n) is 10.5. The fourth-order valence-electron chi connectivity index (χ4n) is 4.31. The zero-order chi connectivity index (χ0) is 21.4. The number of aromatic nitrogens is 2. The summed E-state index contributed by atoms with van der Waals surface area (Å²) in [7, 11) is 0. The van der Waals surface area contributed by atoms with Crippen molar-refractivity contribution in [1.82, 2.24) is 20.0 Å². The molecule has 0 radical (unpaired) electrons. The minimum atomic E-state index is -1.18. The van der Waals surface area contributed by atoms with Crippen LogP contribution in [0.3, 0.4) is 0 Å². The SMILES string of the molecule is O=CC1(O)CC1N1CCN(C(=O)c2ccc(-c3ccc(-c4ccn[nH]4)cc3)cc2)CC1. The van der Waals surface area contributed by atoms with Crippen molar-refractivity contribution >= 4 is 12.2 Å². The molecule has 158 valence electrons. The predicted octanol–water partition coefficient (Wildman–Crippen LogP) is 2.20. The van der Waals surface area contributed by atoms with Crippen molar-refractivity contribution in [3.05, 3.63) is 66.4 Å². The highest BCUT2D eigenvalue weighted by Crippen LogP contribution is 2.39. The smallest absolute Gasteiger partial charge is 0.253 e. The Hall–Kier alpha value is -3.29. The minimum absolute atomic E-state index is 0.0160. The molecule has 5 rings (SSSR count). The maximum absolute atomic E-state index is 12.9. The fourth-order valence-corrected chi connectivity index (χ4v) is 4.31. The van der Waals surface area contributed by atoms with Crippen LogP contribution in [0.2, 0.25) is 0 Å². The molecule has 1 saturated carbocycles. The summed E-state index contributed by atoms with van der Waals surface area (Å²) in [5.41, 5.74) is 3.68. The number of piperazine rings is 1. The van der Waals surface area contributed by atoms with Crippen molar-refractivity contribution < 1.29 is 14.7 Å². The number of hydrogen-bond donors (Lipinski definition) is 2. The van der Waals surface area contributed by atoms with Gasteiger partial charge in [-0.25, -0.2) is 0 Å². The molecular weight excluding hydrogens is 392 g/mol. The first-order chi connectivity index (χ1) is 15.1. The highest BCUT2D eigenvalue weighted by atomic mass is 16.3. The summed E-state index contributed by atoms with van der Waals surface area (Å²) in [5.74, 6) is 0.0160. The monoisotopic (exact) mass is 416 g/mol. The van der Waals surface area contributed by atoms with Crippen molar-refractivity contribution in [3.63, 3.8) is 0 Å². The van der Waals surface area contributed by atoms with Crippen LogP contribution in [0, 0.1) is 0 Å². The molecule has 1 aliphatic heterocycles. The average Bonchev–Trinajstić information content (AvgIpc) is 3.22. The molecule has 2 aliphatic rings. The zero-order valence-corrected chi connectivity index (χ0v) is 17.1. The summed E-state index contributed by atoms with van der Waals surface area (Å²) >= 11 is 0. The number of H-pyrrole nitrogens is 1. The Morgan fingerprint density at radius 1 is 0.968 bits per heavy atom. The van der Waals surface area contributed by atoms with E-state index in [9.17, 15) is 14.7 Å². The zero-order valence-electron chi connectivity index (χ0n) is 17.1. The van der Waals surface area contributed by atoms with E-state index in [1.165, 1.54) is 0 Å². The van der Waals surface area contributed by atoms with E-state index < -0.39 is 5.60 Å². The van der Waals surface area contributed by atoms with Crippen molar-refractivity contribution in [3.8, 4) is 22.4 Å². The summed E-state index contributed by atoms with van der Waals surface area (Å²) in [6.45, 7) is 2.54. The molecule has 2 heterocycles. The Bertz CT molecular complexity index is 1070. The minimum Gasteiger partial charge on any atom is -0.381 e. The number of aliphatic hydroxyl groups is 1. The number of benzene rings is 2. The highest BCUT2D eigenvalue weighted by Gasteiger charge is 2.56. The van der Waals surface area contributed by atoms with E-state index in [0.29, 0.717) is 44.4 Å². The Morgan fingerprint density at radius 2 is 1.58 bits per heavy atom. The summed E-state index contributed by atoms with van der Waals surface area (Å²) in [6.07, 6.45) is 2.87. The van der Waals surface area contributed by atoms with Gasteiger partial charge in [0.2, 0.25) is 0 Å². The second-order valence-electron chi connectivity index (χ2n) is 8.28. The van der Waals surface area contributed by atoms with Crippen LogP contribution in [0.1, 0.15) is 16.8 Å². The standard InChI is InChI=1S/C24H24N4O3/c29-16-24(31)15-22(24)27-11-13-28(14-12-27)23(30)20-7-3-18(4-8-20)17-1-5-19(6-2-17)21-9-10-25-26-21/h1-10,16,22,31H,11-15H2,(H,25,26). The van der Waals surface area contributed by atoms with Gasteiger partial charge in [-0.2, -0.15) is 5.10 Å². The molecule has 31 heavy (non-hydrogen) atoms. The lowest BCUT2D eigenvalue weighted by molar-refractivity contribution is -0.117. The Balaban J connectivity index is 1.21. The summed E-state index contributed by atoms with van der Waals surface area (Å²) in [6, 6.07) is 17.8. The van der Waals surface area contributed by atoms with Gasteiger partial charge in [-0.05, 0) is 34.9 Å². The number of carbonyl (C=O) groups is 2. The molecule has 2 unspecified atom stereocenters. The van der Waals surface area contributed by atoms with Crippen LogP contribution < -0.4 is 0 Å². The van der Waals surface area contributed by atoms with E-state index >= 15 is 0 Å². The van der Waals surface area contributed by atoms with Crippen molar-refractivity contribution in [1.29, 1.82) is 0 Å². The van der Waals surface area contributed by atoms with Gasteiger partial charge in [0.15, 0.2) is 6.29 Å². The van der Waals surface area contributed by atoms with Crippen LogP contribution in [0.25, 0.3) is 22.4 Å². The number of carbonyl (C=O) groups excluding carboxylic acids is 2. The molecule has 1 amide bonds. The van der Waals surface area contributed by atoms with E-state index in [1.807, 2.05) is 47.4 Å². The number of nitrogens with one attached hydrogen (secondary N) is 1. The summed E-state index contributed by atoms with van der Waals surface area (Å²) < 4.78 is 0. The topological polar surface area (TPSA) is 89.5 Å². The number of amides is 1. The molecule has 1 saturated heterocycles. The normalized spacial score (nSPS) is 23.5. The molecule has 2 N–H and O–H groups in total. The van der Waals surface area contributed by atoms with Gasteiger partial charge in [0.25, 0.3) is 5.91 Å². The number of rotatable bonds is 5. The van der Waals surface area contributed by atoms with Gasteiger partial charge in [-0.15, -0.1) is 0 Å². The first kappa shape index (κ1) is 19.7. The molecule has 7 nitrogen and oxygen atoms in total. The maximum atomic E-state index is 12.9. The molecule has 1 aromatic heterocycles. The Morgan fingerprint density at radius 3 is 2.13 bits per heavy atom. The maximum Gasteiger partial charge on any atom is 0.253 e. The predicted molar refractivity (Wildman–Crippen MR) is 116 cm³/mol. The van der Waals surface area contributed by atoms with Gasteiger partial charge < -0.3 is 14.8 Å². The van der Waals surface area contributed by atoms with Gasteiger partial charge in [0.05, 0.1) is 5.69 Å². The fraction of sp³-hybridized carbons (Fsp3) is 0.292. The van der Waals surface area contributed by atoms with Gasteiger partial charge in [0.1, 0.15) is 5.60 Å². The molecule has 2 fully saturated rings. The van der Waals surface area contributed by atoms with E-state index in [4.69, 9.17) is 0 Å². The molecule has 7 heteroatoms. The first-order valence-corrected chi connectivity index (χ1v) is 10.5. The Kier molecular flexibility index (Phi) is 4.92. The number of aldehydes is 1. The van der Waals surface area contributed by atoms with Crippen LogP contribution in [0.4, 0.5) is 0 Å². The van der Waals surface area contributed by atoms with E-state index in [-0.39, 0.29) is 11.9 Å². The largest absolute Gasteiger partial charge is 0.381 e. The number of hydrogen-bond acceptors (Lipinski definition) is 5. The van der Waals surface area contributed by atoms with E-state index in [2.05, 4.69) is 27.2 Å². The van der Waals surface area contributed by atoms with Crippen LogP contribution >= 0.6 is 0 Å². The van der Waals surface area contributed by atoms with E-state index in [1.54, 1.807) is 6.20 Å². The van der Waals surface area contributed by atoms with Crippen molar-refractivity contribution in [2.24, 2.45) is 0 Å². The van der Waals surface area contributed by atoms with Gasteiger partial charge >= 0.3 is 0 Å².